The fraction of sp³-hybridized carbons (Fsp3) is 0.500. The van der Waals surface area contributed by atoms with E-state index in [1.807, 2.05) is 11.3 Å². The fourth-order valence-corrected chi connectivity index (χ4v) is 3.32. The Morgan fingerprint density at radius 1 is 1.19 bits per heavy atom. The monoisotopic (exact) mass is 233 g/mol. The molecule has 2 heteroatoms. The molecule has 0 aliphatic carbocycles. The lowest BCUT2D eigenvalue weighted by molar-refractivity contribution is 0.437. The van der Waals surface area contributed by atoms with Crippen molar-refractivity contribution in [3.63, 3.8) is 0 Å². The zero-order chi connectivity index (χ0) is 11.5. The van der Waals surface area contributed by atoms with E-state index in [1.54, 1.807) is 0 Å². The van der Waals surface area contributed by atoms with Gasteiger partial charge < -0.3 is 0 Å². The van der Waals surface area contributed by atoms with Crippen molar-refractivity contribution >= 4 is 21.6 Å². The average molecular weight is 233 g/mol. The van der Waals surface area contributed by atoms with Gasteiger partial charge in [0.25, 0.3) is 0 Å². The van der Waals surface area contributed by atoms with Crippen molar-refractivity contribution in [2.24, 2.45) is 11.8 Å². The van der Waals surface area contributed by atoms with Crippen LogP contribution in [0.1, 0.15) is 32.2 Å². The summed E-state index contributed by atoms with van der Waals surface area (Å²) < 4.78 is 1.31. The first-order chi connectivity index (χ1) is 7.65. The summed E-state index contributed by atoms with van der Waals surface area (Å²) in [7, 11) is 0. The Morgan fingerprint density at radius 2 is 1.94 bits per heavy atom. The maximum atomic E-state index is 4.68. The molecule has 1 atom stereocenters. The lowest BCUT2D eigenvalue weighted by atomic mass is 9.96. The van der Waals surface area contributed by atoms with E-state index in [4.69, 9.17) is 0 Å². The number of aromatic nitrogens is 1. The average Bonchev–Trinajstić information content (AvgIpc) is 2.57. The minimum atomic E-state index is 0.737. The van der Waals surface area contributed by atoms with Gasteiger partial charge in [0.05, 0.1) is 15.2 Å². The van der Waals surface area contributed by atoms with E-state index in [0.717, 1.165) is 23.8 Å². The second kappa shape index (κ2) is 4.96. The Bertz CT molecular complexity index is 425. The molecule has 2 aromatic rings. The Morgan fingerprint density at radius 3 is 2.62 bits per heavy atom. The molecule has 1 unspecified atom stereocenters. The summed E-state index contributed by atoms with van der Waals surface area (Å²) in [6, 6.07) is 8.40. The number of fused-ring (bicyclic) bond motifs is 1. The fourth-order valence-electron chi connectivity index (χ4n) is 2.19. The van der Waals surface area contributed by atoms with Crippen molar-refractivity contribution in [1.82, 2.24) is 4.98 Å². The number of rotatable bonds is 4. The van der Waals surface area contributed by atoms with E-state index in [-0.39, 0.29) is 0 Å². The maximum Gasteiger partial charge on any atom is 0.0941 e. The Hall–Kier alpha value is -0.890. The number of nitrogens with zero attached hydrogens (tertiary/aromatic N) is 1. The topological polar surface area (TPSA) is 12.9 Å². The van der Waals surface area contributed by atoms with E-state index < -0.39 is 0 Å². The van der Waals surface area contributed by atoms with Crippen LogP contribution in [0, 0.1) is 11.8 Å². The highest BCUT2D eigenvalue weighted by atomic mass is 32.1. The SMILES string of the molecule is CC(C)CC(C)Cc1nc2ccccc2s1. The Balaban J connectivity index is 2.09. The van der Waals surface area contributed by atoms with Gasteiger partial charge in [-0.1, -0.05) is 32.9 Å². The van der Waals surface area contributed by atoms with Crippen LogP contribution in [0.4, 0.5) is 0 Å². The molecule has 0 saturated heterocycles. The number of hydrogen-bond acceptors (Lipinski definition) is 2. The van der Waals surface area contributed by atoms with Crippen LogP contribution in [0.2, 0.25) is 0 Å². The van der Waals surface area contributed by atoms with E-state index in [9.17, 15) is 0 Å². The largest absolute Gasteiger partial charge is 0.241 e. The van der Waals surface area contributed by atoms with E-state index >= 15 is 0 Å². The first kappa shape index (κ1) is 11.6. The summed E-state index contributed by atoms with van der Waals surface area (Å²) in [5, 5.41) is 1.29. The summed E-state index contributed by atoms with van der Waals surface area (Å²) in [6.07, 6.45) is 2.41. The Kier molecular flexibility index (Phi) is 3.59. The van der Waals surface area contributed by atoms with Crippen molar-refractivity contribution in [3.8, 4) is 0 Å². The third-order valence-corrected chi connectivity index (χ3v) is 3.79. The number of benzene rings is 1. The van der Waals surface area contributed by atoms with Gasteiger partial charge >= 0.3 is 0 Å². The summed E-state index contributed by atoms with van der Waals surface area (Å²) in [6.45, 7) is 6.90. The molecule has 0 N–H and O–H groups in total. The molecule has 2 rings (SSSR count). The van der Waals surface area contributed by atoms with Crippen molar-refractivity contribution in [2.75, 3.05) is 0 Å². The number of hydrogen-bond donors (Lipinski definition) is 0. The first-order valence-corrected chi connectivity index (χ1v) is 6.81. The lowest BCUT2D eigenvalue weighted by Gasteiger charge is -2.11. The molecule has 16 heavy (non-hydrogen) atoms. The van der Waals surface area contributed by atoms with Crippen molar-refractivity contribution in [2.45, 2.75) is 33.6 Å². The molecule has 0 bridgehead atoms. The predicted molar refractivity (Wildman–Crippen MR) is 71.9 cm³/mol. The molecule has 1 aromatic heterocycles. The van der Waals surface area contributed by atoms with Gasteiger partial charge in [0, 0.05) is 6.42 Å². The molecule has 0 spiro atoms. The van der Waals surface area contributed by atoms with Crippen LogP contribution in [-0.4, -0.2) is 4.98 Å². The van der Waals surface area contributed by atoms with Gasteiger partial charge in [-0.15, -0.1) is 11.3 Å². The van der Waals surface area contributed by atoms with Crippen LogP contribution >= 0.6 is 11.3 Å². The van der Waals surface area contributed by atoms with E-state index in [0.29, 0.717) is 0 Å². The van der Waals surface area contributed by atoms with Gasteiger partial charge in [-0.2, -0.15) is 0 Å². The first-order valence-electron chi connectivity index (χ1n) is 5.99. The van der Waals surface area contributed by atoms with Crippen molar-refractivity contribution in [1.29, 1.82) is 0 Å². The third kappa shape index (κ3) is 2.82. The number of para-hydroxylation sites is 1. The molecule has 0 amide bonds. The smallest absolute Gasteiger partial charge is 0.0941 e. The summed E-state index contributed by atoms with van der Waals surface area (Å²) in [5.74, 6) is 1.52. The molecular formula is C14H19NS. The van der Waals surface area contributed by atoms with Gasteiger partial charge in [0.15, 0.2) is 0 Å². The van der Waals surface area contributed by atoms with Gasteiger partial charge in [-0.3, -0.25) is 0 Å². The van der Waals surface area contributed by atoms with Crippen LogP contribution in [0.3, 0.4) is 0 Å². The molecule has 0 fully saturated rings. The minimum absolute atomic E-state index is 0.737. The van der Waals surface area contributed by atoms with Crippen LogP contribution in [-0.2, 0) is 6.42 Å². The van der Waals surface area contributed by atoms with Crippen LogP contribution in [0.5, 0.6) is 0 Å². The lowest BCUT2D eigenvalue weighted by Crippen LogP contribution is -2.03. The minimum Gasteiger partial charge on any atom is -0.241 e. The maximum absolute atomic E-state index is 4.68. The van der Waals surface area contributed by atoms with E-state index in [1.165, 1.54) is 16.1 Å². The van der Waals surface area contributed by atoms with Crippen molar-refractivity contribution in [3.05, 3.63) is 29.3 Å². The van der Waals surface area contributed by atoms with Gasteiger partial charge in [-0.05, 0) is 30.4 Å². The molecule has 1 aromatic carbocycles. The quantitative estimate of drug-likeness (QED) is 0.756. The zero-order valence-corrected chi connectivity index (χ0v) is 11.1. The predicted octanol–water partition coefficient (Wildman–Crippen LogP) is 4.52. The summed E-state index contributed by atoms with van der Waals surface area (Å²) in [5.41, 5.74) is 1.15. The molecule has 1 heterocycles. The highest BCUT2D eigenvalue weighted by Crippen LogP contribution is 2.25. The van der Waals surface area contributed by atoms with E-state index in [2.05, 4.69) is 50.0 Å². The van der Waals surface area contributed by atoms with Crippen molar-refractivity contribution < 1.29 is 0 Å². The van der Waals surface area contributed by atoms with Crippen LogP contribution in [0.25, 0.3) is 10.2 Å². The van der Waals surface area contributed by atoms with Crippen LogP contribution < -0.4 is 0 Å². The second-order valence-corrected chi connectivity index (χ2v) is 6.13. The zero-order valence-electron chi connectivity index (χ0n) is 10.2. The third-order valence-electron chi connectivity index (χ3n) is 2.74. The van der Waals surface area contributed by atoms with Gasteiger partial charge in [-0.25, -0.2) is 4.98 Å². The standard InChI is InChI=1S/C14H19NS/c1-10(2)8-11(3)9-14-15-12-6-4-5-7-13(12)16-14/h4-7,10-11H,8-9H2,1-3H3. The Labute approximate surface area is 102 Å². The molecule has 0 aliphatic rings. The molecule has 0 radical (unpaired) electrons. The second-order valence-electron chi connectivity index (χ2n) is 5.01. The molecule has 0 aliphatic heterocycles. The normalized spacial score (nSPS) is 13.5. The molecular weight excluding hydrogens is 214 g/mol. The van der Waals surface area contributed by atoms with Gasteiger partial charge in [0.1, 0.15) is 0 Å². The molecule has 0 saturated carbocycles. The van der Waals surface area contributed by atoms with Crippen LogP contribution in [0.15, 0.2) is 24.3 Å². The summed E-state index contributed by atoms with van der Waals surface area (Å²) >= 11 is 1.84. The molecule has 86 valence electrons. The summed E-state index contributed by atoms with van der Waals surface area (Å²) in [4.78, 5) is 4.68. The van der Waals surface area contributed by atoms with Gasteiger partial charge in [0.2, 0.25) is 0 Å². The highest BCUT2D eigenvalue weighted by molar-refractivity contribution is 7.18. The highest BCUT2D eigenvalue weighted by Gasteiger charge is 2.09. The molecule has 1 nitrogen and oxygen atoms in total. The number of thiazole rings is 1.